The molecule has 2 aromatic rings. The minimum Gasteiger partial charge on any atom is -0.478 e. The summed E-state index contributed by atoms with van der Waals surface area (Å²) in [6.45, 7) is 0. The first-order valence-electron chi connectivity index (χ1n) is 5.75. The minimum atomic E-state index is -0.958. The monoisotopic (exact) mass is 232 g/mol. The lowest BCUT2D eigenvalue weighted by Gasteiger charge is -2.05. The van der Waals surface area contributed by atoms with Gasteiger partial charge in [-0.05, 0) is 18.9 Å². The Morgan fingerprint density at radius 1 is 1.41 bits per heavy atom. The van der Waals surface area contributed by atoms with E-state index < -0.39 is 5.97 Å². The number of aromatic carboxylic acids is 1. The zero-order valence-corrected chi connectivity index (χ0v) is 9.22. The fourth-order valence-corrected chi connectivity index (χ4v) is 2.55. The topological polar surface area (TPSA) is 76.2 Å². The quantitative estimate of drug-likeness (QED) is 0.861. The fraction of sp³-hybridized carbons (Fsp3) is 0.417. The average Bonchev–Trinajstić information content (AvgIpc) is 2.96. The largest absolute Gasteiger partial charge is 0.478 e. The van der Waals surface area contributed by atoms with E-state index in [0.717, 1.165) is 18.5 Å². The number of carboxylic acid groups (broad SMARTS) is 1. The van der Waals surface area contributed by atoms with Gasteiger partial charge in [-0.15, -0.1) is 0 Å². The standard InChI is InChI=1S/C12H12N2O3/c15-12(16)8-5-6-13-11-9(8)10(14-17-11)7-3-1-2-4-7/h5-7H,1-4H2,(H,15,16). The first-order chi connectivity index (χ1) is 8.27. The van der Waals surface area contributed by atoms with Crippen LogP contribution in [0.4, 0.5) is 0 Å². The van der Waals surface area contributed by atoms with E-state index in [4.69, 9.17) is 4.52 Å². The SMILES string of the molecule is O=C(O)c1ccnc2onc(C3CCCC3)c12. The summed E-state index contributed by atoms with van der Waals surface area (Å²) in [4.78, 5) is 15.2. The molecule has 5 heteroatoms. The molecule has 1 fully saturated rings. The summed E-state index contributed by atoms with van der Waals surface area (Å²) in [5.74, 6) is -0.640. The van der Waals surface area contributed by atoms with Crippen molar-refractivity contribution in [2.45, 2.75) is 31.6 Å². The van der Waals surface area contributed by atoms with Gasteiger partial charge in [-0.2, -0.15) is 0 Å². The predicted octanol–water partition coefficient (Wildman–Crippen LogP) is 2.58. The van der Waals surface area contributed by atoms with Crippen molar-refractivity contribution in [3.8, 4) is 0 Å². The molecule has 2 aromatic heterocycles. The van der Waals surface area contributed by atoms with Gasteiger partial charge in [0, 0.05) is 12.1 Å². The Hall–Kier alpha value is -1.91. The van der Waals surface area contributed by atoms with Crippen LogP contribution in [0.5, 0.6) is 0 Å². The number of carbonyl (C=O) groups is 1. The van der Waals surface area contributed by atoms with Gasteiger partial charge in [0.1, 0.15) is 0 Å². The molecule has 0 radical (unpaired) electrons. The van der Waals surface area contributed by atoms with Crippen molar-refractivity contribution in [2.24, 2.45) is 0 Å². The second-order valence-corrected chi connectivity index (χ2v) is 4.39. The fourth-order valence-electron chi connectivity index (χ4n) is 2.55. The van der Waals surface area contributed by atoms with Crippen LogP contribution >= 0.6 is 0 Å². The van der Waals surface area contributed by atoms with E-state index in [9.17, 15) is 9.90 Å². The Morgan fingerprint density at radius 3 is 2.88 bits per heavy atom. The number of nitrogens with zero attached hydrogens (tertiary/aromatic N) is 2. The van der Waals surface area contributed by atoms with Crippen LogP contribution in [-0.2, 0) is 0 Å². The highest BCUT2D eigenvalue weighted by Gasteiger charge is 2.26. The van der Waals surface area contributed by atoms with Crippen molar-refractivity contribution in [3.05, 3.63) is 23.5 Å². The van der Waals surface area contributed by atoms with Crippen LogP contribution in [-0.4, -0.2) is 21.2 Å². The van der Waals surface area contributed by atoms with Gasteiger partial charge in [-0.3, -0.25) is 0 Å². The second-order valence-electron chi connectivity index (χ2n) is 4.39. The van der Waals surface area contributed by atoms with E-state index in [1.807, 2.05) is 0 Å². The molecule has 1 aliphatic carbocycles. The normalized spacial score (nSPS) is 16.7. The van der Waals surface area contributed by atoms with Gasteiger partial charge in [0.2, 0.25) is 0 Å². The minimum absolute atomic E-state index is 0.234. The van der Waals surface area contributed by atoms with E-state index in [0.29, 0.717) is 17.0 Å². The van der Waals surface area contributed by atoms with E-state index in [2.05, 4.69) is 10.1 Å². The molecule has 5 nitrogen and oxygen atoms in total. The van der Waals surface area contributed by atoms with Gasteiger partial charge in [0.05, 0.1) is 16.6 Å². The van der Waals surface area contributed by atoms with E-state index in [1.165, 1.54) is 25.1 Å². The Labute approximate surface area is 97.4 Å². The second kappa shape index (κ2) is 3.84. The van der Waals surface area contributed by atoms with Gasteiger partial charge >= 0.3 is 5.97 Å². The molecule has 0 amide bonds. The lowest BCUT2D eigenvalue weighted by molar-refractivity contribution is 0.0699. The van der Waals surface area contributed by atoms with Gasteiger partial charge in [0.25, 0.3) is 5.71 Å². The van der Waals surface area contributed by atoms with Gasteiger partial charge < -0.3 is 9.63 Å². The molecule has 88 valence electrons. The molecule has 0 unspecified atom stereocenters. The molecule has 1 aliphatic rings. The number of fused-ring (bicyclic) bond motifs is 1. The van der Waals surface area contributed by atoms with E-state index >= 15 is 0 Å². The third kappa shape index (κ3) is 1.58. The molecular formula is C12H12N2O3. The molecule has 0 aliphatic heterocycles. The van der Waals surface area contributed by atoms with Gasteiger partial charge in [-0.25, -0.2) is 9.78 Å². The third-order valence-corrected chi connectivity index (χ3v) is 3.38. The van der Waals surface area contributed by atoms with Gasteiger partial charge in [0.15, 0.2) is 0 Å². The highest BCUT2D eigenvalue weighted by molar-refractivity contribution is 6.02. The smallest absolute Gasteiger partial charge is 0.336 e. The van der Waals surface area contributed by atoms with Crippen LogP contribution in [0.2, 0.25) is 0 Å². The number of rotatable bonds is 2. The summed E-state index contributed by atoms with van der Waals surface area (Å²) in [6.07, 6.45) is 5.88. The van der Waals surface area contributed by atoms with E-state index in [1.54, 1.807) is 0 Å². The molecule has 17 heavy (non-hydrogen) atoms. The predicted molar refractivity (Wildman–Crippen MR) is 60.0 cm³/mol. The van der Waals surface area contributed by atoms with Crippen LogP contribution in [0.3, 0.4) is 0 Å². The summed E-state index contributed by atoms with van der Waals surface area (Å²) in [5, 5.41) is 13.8. The van der Waals surface area contributed by atoms with Crippen molar-refractivity contribution in [3.63, 3.8) is 0 Å². The van der Waals surface area contributed by atoms with Crippen LogP contribution in [0.1, 0.15) is 47.7 Å². The average molecular weight is 232 g/mol. The number of aromatic nitrogens is 2. The molecule has 2 heterocycles. The maximum absolute atomic E-state index is 11.2. The van der Waals surface area contributed by atoms with Gasteiger partial charge in [-0.1, -0.05) is 18.0 Å². The Morgan fingerprint density at radius 2 is 2.18 bits per heavy atom. The zero-order chi connectivity index (χ0) is 11.8. The van der Waals surface area contributed by atoms with Crippen molar-refractivity contribution in [2.75, 3.05) is 0 Å². The highest BCUT2D eigenvalue weighted by Crippen LogP contribution is 2.37. The lowest BCUT2D eigenvalue weighted by atomic mass is 9.99. The number of hydrogen-bond donors (Lipinski definition) is 1. The summed E-state index contributed by atoms with van der Waals surface area (Å²) in [6, 6.07) is 1.50. The van der Waals surface area contributed by atoms with E-state index in [-0.39, 0.29) is 5.56 Å². The van der Waals surface area contributed by atoms with Crippen LogP contribution in [0.15, 0.2) is 16.8 Å². The molecule has 0 aromatic carbocycles. The summed E-state index contributed by atoms with van der Waals surface area (Å²) in [7, 11) is 0. The number of pyridine rings is 1. The molecule has 1 saturated carbocycles. The van der Waals surface area contributed by atoms with Crippen molar-refractivity contribution in [1.82, 2.24) is 10.1 Å². The Bertz CT molecular complexity index is 570. The molecule has 0 bridgehead atoms. The number of carboxylic acids is 1. The van der Waals surface area contributed by atoms with Crippen molar-refractivity contribution < 1.29 is 14.4 Å². The highest BCUT2D eigenvalue weighted by atomic mass is 16.5. The molecule has 3 rings (SSSR count). The van der Waals surface area contributed by atoms with Crippen LogP contribution in [0.25, 0.3) is 11.1 Å². The molecule has 1 N–H and O–H groups in total. The maximum atomic E-state index is 11.2. The summed E-state index contributed by atoms with van der Waals surface area (Å²) in [5.41, 5.74) is 1.33. The van der Waals surface area contributed by atoms with Crippen LogP contribution in [0, 0.1) is 0 Å². The zero-order valence-electron chi connectivity index (χ0n) is 9.22. The molecule has 0 saturated heterocycles. The Kier molecular flexibility index (Phi) is 2.31. The van der Waals surface area contributed by atoms with Crippen LogP contribution < -0.4 is 0 Å². The summed E-state index contributed by atoms with van der Waals surface area (Å²) < 4.78 is 5.13. The maximum Gasteiger partial charge on any atom is 0.336 e. The lowest BCUT2D eigenvalue weighted by Crippen LogP contribution is -2.01. The first kappa shape index (κ1) is 10.3. The number of hydrogen-bond acceptors (Lipinski definition) is 4. The van der Waals surface area contributed by atoms with Crippen molar-refractivity contribution >= 4 is 17.1 Å². The first-order valence-corrected chi connectivity index (χ1v) is 5.75. The molecule has 0 spiro atoms. The van der Waals surface area contributed by atoms with Crippen molar-refractivity contribution in [1.29, 1.82) is 0 Å². The summed E-state index contributed by atoms with van der Waals surface area (Å²) >= 11 is 0. The third-order valence-electron chi connectivity index (χ3n) is 3.38. The molecular weight excluding hydrogens is 220 g/mol. The molecule has 0 atom stereocenters. The Balaban J connectivity index is 2.21.